The molecule has 1 aliphatic rings. The van der Waals surface area contributed by atoms with Gasteiger partial charge >= 0.3 is 0 Å². The molecule has 2 aromatic carbocycles. The van der Waals surface area contributed by atoms with Crippen molar-refractivity contribution in [3.63, 3.8) is 0 Å². The summed E-state index contributed by atoms with van der Waals surface area (Å²) >= 11 is 6.14. The van der Waals surface area contributed by atoms with Gasteiger partial charge in [-0.15, -0.1) is 0 Å². The first-order chi connectivity index (χ1) is 13.1. The van der Waals surface area contributed by atoms with Crippen LogP contribution in [0.3, 0.4) is 0 Å². The van der Waals surface area contributed by atoms with Gasteiger partial charge in [0.25, 0.3) is 0 Å². The van der Waals surface area contributed by atoms with Crippen molar-refractivity contribution < 1.29 is 9.84 Å². The molecule has 0 unspecified atom stereocenters. The molecule has 0 spiro atoms. The zero-order valence-corrected chi connectivity index (χ0v) is 16.7. The number of hydrogen-bond donors (Lipinski definition) is 1. The van der Waals surface area contributed by atoms with Crippen LogP contribution in [0.1, 0.15) is 24.0 Å². The molecule has 4 heteroatoms. The third kappa shape index (κ3) is 5.58. The van der Waals surface area contributed by atoms with Gasteiger partial charge in [0, 0.05) is 23.5 Å². The maximum atomic E-state index is 10.2. The summed E-state index contributed by atoms with van der Waals surface area (Å²) < 4.78 is 5.20. The Balaban J connectivity index is 1.60. The number of benzene rings is 2. The number of methoxy groups -OCH3 is 1. The zero-order chi connectivity index (χ0) is 19.1. The van der Waals surface area contributed by atoms with Gasteiger partial charge in [0.15, 0.2) is 0 Å². The van der Waals surface area contributed by atoms with Crippen molar-refractivity contribution in [2.24, 2.45) is 5.41 Å². The topological polar surface area (TPSA) is 32.7 Å². The predicted octanol–water partition coefficient (Wildman–Crippen LogP) is 4.68. The Hall–Kier alpha value is -1.81. The van der Waals surface area contributed by atoms with E-state index >= 15 is 0 Å². The monoisotopic (exact) mass is 385 g/mol. The minimum Gasteiger partial charge on any atom is -0.497 e. The maximum absolute atomic E-state index is 10.2. The first-order valence-corrected chi connectivity index (χ1v) is 9.88. The van der Waals surface area contributed by atoms with Crippen molar-refractivity contribution in [1.29, 1.82) is 0 Å². The SMILES string of the molecule is COc1ccc(/C=C/CN2CCC[C@](CO)(Cc3cccc(Cl)c3)C2)cc1. The minimum absolute atomic E-state index is 0.0864. The van der Waals surface area contributed by atoms with Crippen LogP contribution in [0.25, 0.3) is 6.08 Å². The molecule has 1 fully saturated rings. The largest absolute Gasteiger partial charge is 0.497 e. The second kappa shape index (κ2) is 9.41. The van der Waals surface area contributed by atoms with Gasteiger partial charge in [0.2, 0.25) is 0 Å². The number of halogens is 1. The molecule has 0 aliphatic carbocycles. The molecule has 27 heavy (non-hydrogen) atoms. The van der Waals surface area contributed by atoms with E-state index in [1.54, 1.807) is 7.11 Å². The van der Waals surface area contributed by atoms with E-state index in [4.69, 9.17) is 16.3 Å². The Morgan fingerprint density at radius 2 is 2.04 bits per heavy atom. The third-order valence-electron chi connectivity index (χ3n) is 5.33. The van der Waals surface area contributed by atoms with Crippen LogP contribution in [0.4, 0.5) is 0 Å². The van der Waals surface area contributed by atoms with Crippen LogP contribution in [-0.4, -0.2) is 43.4 Å². The fourth-order valence-corrected chi connectivity index (χ4v) is 4.14. The fraction of sp³-hybridized carbons (Fsp3) is 0.391. The van der Waals surface area contributed by atoms with Gasteiger partial charge in [-0.3, -0.25) is 4.90 Å². The smallest absolute Gasteiger partial charge is 0.118 e. The maximum Gasteiger partial charge on any atom is 0.118 e. The van der Waals surface area contributed by atoms with Gasteiger partial charge in [0.05, 0.1) is 13.7 Å². The average Bonchev–Trinajstić information content (AvgIpc) is 2.69. The van der Waals surface area contributed by atoms with Gasteiger partial charge < -0.3 is 9.84 Å². The van der Waals surface area contributed by atoms with Crippen molar-refractivity contribution in [1.82, 2.24) is 4.90 Å². The summed E-state index contributed by atoms with van der Waals surface area (Å²) in [4.78, 5) is 2.43. The normalized spacial score (nSPS) is 20.9. The van der Waals surface area contributed by atoms with Crippen molar-refractivity contribution in [2.75, 3.05) is 33.4 Å². The number of piperidine rings is 1. The molecule has 0 amide bonds. The Kier molecular flexibility index (Phi) is 6.95. The molecular formula is C23H28ClNO2. The Bertz CT molecular complexity index is 759. The van der Waals surface area contributed by atoms with Crippen LogP contribution >= 0.6 is 11.6 Å². The first kappa shape index (κ1) is 19.9. The van der Waals surface area contributed by atoms with Gasteiger partial charge in [-0.05, 0) is 61.2 Å². The molecule has 1 atom stereocenters. The zero-order valence-electron chi connectivity index (χ0n) is 15.9. The van der Waals surface area contributed by atoms with E-state index in [1.165, 1.54) is 11.1 Å². The van der Waals surface area contributed by atoms with E-state index in [1.807, 2.05) is 30.3 Å². The number of likely N-dealkylation sites (tertiary alicyclic amines) is 1. The van der Waals surface area contributed by atoms with Crippen LogP contribution < -0.4 is 4.74 Å². The van der Waals surface area contributed by atoms with Crippen LogP contribution in [-0.2, 0) is 6.42 Å². The predicted molar refractivity (Wildman–Crippen MR) is 112 cm³/mol. The lowest BCUT2D eigenvalue weighted by Crippen LogP contribution is -2.46. The van der Waals surface area contributed by atoms with E-state index in [0.717, 1.165) is 49.7 Å². The lowest BCUT2D eigenvalue weighted by molar-refractivity contribution is 0.0376. The van der Waals surface area contributed by atoms with Crippen LogP contribution in [0.5, 0.6) is 5.75 Å². The van der Waals surface area contributed by atoms with Crippen molar-refractivity contribution >= 4 is 17.7 Å². The Morgan fingerprint density at radius 1 is 1.22 bits per heavy atom. The van der Waals surface area contributed by atoms with Gasteiger partial charge in [-0.25, -0.2) is 0 Å². The number of rotatable bonds is 7. The third-order valence-corrected chi connectivity index (χ3v) is 5.57. The first-order valence-electron chi connectivity index (χ1n) is 9.51. The van der Waals surface area contributed by atoms with Crippen molar-refractivity contribution in [3.8, 4) is 5.75 Å². The number of aliphatic hydroxyl groups excluding tert-OH is 1. The molecule has 1 heterocycles. The number of aliphatic hydroxyl groups is 1. The number of hydrogen-bond acceptors (Lipinski definition) is 3. The van der Waals surface area contributed by atoms with E-state index in [-0.39, 0.29) is 12.0 Å². The fourth-order valence-electron chi connectivity index (χ4n) is 3.93. The van der Waals surface area contributed by atoms with Crippen molar-refractivity contribution in [2.45, 2.75) is 19.3 Å². The van der Waals surface area contributed by atoms with Crippen LogP contribution in [0.15, 0.2) is 54.6 Å². The molecule has 0 aromatic heterocycles. The highest BCUT2D eigenvalue weighted by Crippen LogP contribution is 2.34. The summed E-state index contributed by atoms with van der Waals surface area (Å²) in [6.45, 7) is 3.08. The molecule has 2 aromatic rings. The van der Waals surface area contributed by atoms with Gasteiger partial charge in [0.1, 0.15) is 5.75 Å². The van der Waals surface area contributed by atoms with Gasteiger partial charge in [-0.1, -0.05) is 48.0 Å². The molecule has 1 N–H and O–H groups in total. The van der Waals surface area contributed by atoms with Crippen molar-refractivity contribution in [3.05, 3.63) is 70.8 Å². The Labute approximate surface area is 167 Å². The molecule has 0 radical (unpaired) electrons. The minimum atomic E-state index is -0.0864. The highest BCUT2D eigenvalue weighted by atomic mass is 35.5. The van der Waals surface area contributed by atoms with E-state index < -0.39 is 0 Å². The molecule has 3 rings (SSSR count). The van der Waals surface area contributed by atoms with Crippen LogP contribution in [0, 0.1) is 5.41 Å². The summed E-state index contributed by atoms with van der Waals surface area (Å²) in [5, 5.41) is 10.9. The second-order valence-electron chi connectivity index (χ2n) is 7.48. The molecule has 1 saturated heterocycles. The molecule has 0 saturated carbocycles. The quantitative estimate of drug-likeness (QED) is 0.751. The molecular weight excluding hydrogens is 358 g/mol. The summed E-state index contributed by atoms with van der Waals surface area (Å²) in [6, 6.07) is 16.1. The van der Waals surface area contributed by atoms with E-state index in [2.05, 4.69) is 35.3 Å². The standard InChI is InChI=1S/C23H28ClNO2/c1-27-22-10-8-19(9-11-22)6-3-13-25-14-4-12-23(17-25,18-26)16-20-5-2-7-21(24)15-20/h2-3,5-11,15,26H,4,12-14,16-18H2,1H3/b6-3+/t23-/m0/s1. The molecule has 0 bridgehead atoms. The second-order valence-corrected chi connectivity index (χ2v) is 7.92. The number of nitrogens with zero attached hydrogens (tertiary/aromatic N) is 1. The lowest BCUT2D eigenvalue weighted by atomic mass is 9.76. The van der Waals surface area contributed by atoms with E-state index in [0.29, 0.717) is 0 Å². The summed E-state index contributed by atoms with van der Waals surface area (Å²) in [6.07, 6.45) is 7.37. The molecule has 1 aliphatic heterocycles. The van der Waals surface area contributed by atoms with Gasteiger partial charge in [-0.2, -0.15) is 0 Å². The highest BCUT2D eigenvalue weighted by Gasteiger charge is 2.34. The van der Waals surface area contributed by atoms with Crippen LogP contribution in [0.2, 0.25) is 5.02 Å². The summed E-state index contributed by atoms with van der Waals surface area (Å²) in [7, 11) is 1.68. The molecule has 3 nitrogen and oxygen atoms in total. The average molecular weight is 386 g/mol. The summed E-state index contributed by atoms with van der Waals surface area (Å²) in [5.74, 6) is 0.872. The lowest BCUT2D eigenvalue weighted by Gasteiger charge is -2.41. The Morgan fingerprint density at radius 3 is 2.74 bits per heavy atom. The molecule has 144 valence electrons. The number of ether oxygens (including phenoxy) is 1. The van der Waals surface area contributed by atoms with E-state index in [9.17, 15) is 5.11 Å². The highest BCUT2D eigenvalue weighted by molar-refractivity contribution is 6.30. The summed E-state index contributed by atoms with van der Waals surface area (Å²) in [5.41, 5.74) is 2.28.